The number of aliphatic carboxylic acids is 1. The Morgan fingerprint density at radius 2 is 1.59 bits per heavy atom. The van der Waals surface area contributed by atoms with Crippen LogP contribution in [0.15, 0.2) is 109 Å². The van der Waals surface area contributed by atoms with Crippen LogP contribution in [0.1, 0.15) is 27.0 Å². The number of ether oxygens (including phenoxy) is 1. The topological polar surface area (TPSA) is 99.4 Å². The molecular formula is C33H28N2O4. The fourth-order valence-electron chi connectivity index (χ4n) is 4.28. The van der Waals surface area contributed by atoms with Crippen molar-refractivity contribution in [1.29, 1.82) is 5.26 Å². The second-order valence-electron chi connectivity index (χ2n) is 9.04. The molecule has 0 aliphatic rings. The van der Waals surface area contributed by atoms with E-state index in [0.29, 0.717) is 16.7 Å². The molecule has 4 aromatic carbocycles. The summed E-state index contributed by atoms with van der Waals surface area (Å²) in [6.45, 7) is 0. The molecule has 0 aromatic heterocycles. The van der Waals surface area contributed by atoms with Crippen LogP contribution in [0.25, 0.3) is 17.2 Å². The molecule has 0 fully saturated rings. The van der Waals surface area contributed by atoms with Crippen LogP contribution in [0.2, 0.25) is 0 Å². The smallest absolute Gasteiger partial charge is 0.309 e. The maximum atomic E-state index is 13.3. The van der Waals surface area contributed by atoms with Gasteiger partial charge in [0, 0.05) is 5.56 Å². The van der Waals surface area contributed by atoms with Gasteiger partial charge < -0.3 is 15.2 Å². The van der Waals surface area contributed by atoms with E-state index in [2.05, 4.69) is 11.4 Å². The molecule has 1 amide bonds. The van der Waals surface area contributed by atoms with Crippen LogP contribution in [-0.2, 0) is 11.2 Å². The minimum atomic E-state index is -1.05. The lowest BCUT2D eigenvalue weighted by atomic mass is 9.90. The number of nitrogens with zero attached hydrogens (tertiary/aromatic N) is 1. The minimum absolute atomic E-state index is 0.144. The van der Waals surface area contributed by atoms with Gasteiger partial charge in [0.2, 0.25) is 0 Å². The summed E-state index contributed by atoms with van der Waals surface area (Å²) in [4.78, 5) is 25.7. The lowest BCUT2D eigenvalue weighted by Crippen LogP contribution is -2.43. The Labute approximate surface area is 227 Å². The lowest BCUT2D eigenvalue weighted by Gasteiger charge is -2.23. The van der Waals surface area contributed by atoms with Gasteiger partial charge in [0.05, 0.1) is 30.7 Å². The number of carboxylic acids is 1. The number of amides is 1. The monoisotopic (exact) mass is 516 g/mol. The van der Waals surface area contributed by atoms with E-state index in [-0.39, 0.29) is 12.3 Å². The zero-order valence-corrected chi connectivity index (χ0v) is 21.5. The van der Waals surface area contributed by atoms with E-state index >= 15 is 0 Å². The van der Waals surface area contributed by atoms with Crippen molar-refractivity contribution in [2.75, 3.05) is 7.11 Å². The third-order valence-electron chi connectivity index (χ3n) is 6.43. The van der Waals surface area contributed by atoms with Crippen molar-refractivity contribution in [2.45, 2.75) is 12.5 Å². The first-order chi connectivity index (χ1) is 19.0. The number of nitrogens with one attached hydrogen (secondary N) is 1. The molecule has 4 aromatic rings. The minimum Gasteiger partial charge on any atom is -0.497 e. The standard InChI is InChI=1S/C33H28N2O4/c1-39-29-17-15-27(16-18-29)26-11-13-28(14-12-26)32(36)35-31(19-10-23-6-3-2-4-7-23)30(33(37)38)21-24-8-5-9-25(20-24)22-34/h2-20,30-31H,21H2,1H3,(H,35,36)(H,37,38)/b19-10+/t30-,31-/m1/s1. The van der Waals surface area contributed by atoms with E-state index in [1.54, 1.807) is 55.7 Å². The van der Waals surface area contributed by atoms with Crippen molar-refractivity contribution in [1.82, 2.24) is 5.32 Å². The van der Waals surface area contributed by atoms with Gasteiger partial charge in [-0.3, -0.25) is 9.59 Å². The van der Waals surface area contributed by atoms with Gasteiger partial charge in [0.25, 0.3) is 5.91 Å². The number of carbonyl (C=O) groups is 2. The molecule has 194 valence electrons. The third kappa shape index (κ3) is 7.21. The molecule has 0 saturated carbocycles. The number of carbonyl (C=O) groups excluding carboxylic acids is 1. The molecular weight excluding hydrogens is 488 g/mol. The van der Waals surface area contributed by atoms with E-state index in [1.807, 2.05) is 66.7 Å². The molecule has 0 unspecified atom stereocenters. The Bertz CT molecular complexity index is 1490. The summed E-state index contributed by atoms with van der Waals surface area (Å²) in [6, 6.07) is 32.4. The van der Waals surface area contributed by atoms with E-state index in [9.17, 15) is 20.0 Å². The molecule has 0 aliphatic heterocycles. The van der Waals surface area contributed by atoms with E-state index in [4.69, 9.17) is 4.74 Å². The number of carboxylic acid groups (broad SMARTS) is 1. The fourth-order valence-corrected chi connectivity index (χ4v) is 4.28. The van der Waals surface area contributed by atoms with Gasteiger partial charge in [-0.05, 0) is 65.1 Å². The molecule has 2 N–H and O–H groups in total. The van der Waals surface area contributed by atoms with Gasteiger partial charge in [-0.2, -0.15) is 5.26 Å². The molecule has 0 saturated heterocycles. The van der Waals surface area contributed by atoms with Crippen LogP contribution in [0.5, 0.6) is 5.75 Å². The van der Waals surface area contributed by atoms with Crippen molar-refractivity contribution < 1.29 is 19.4 Å². The summed E-state index contributed by atoms with van der Waals surface area (Å²) in [5, 5.41) is 22.3. The zero-order chi connectivity index (χ0) is 27.6. The van der Waals surface area contributed by atoms with Crippen LogP contribution in [0.4, 0.5) is 0 Å². The SMILES string of the molecule is COc1ccc(-c2ccc(C(=O)N[C@H](/C=C/c3ccccc3)[C@@H](Cc3cccc(C#N)c3)C(=O)O)cc2)cc1. The Hall–Kier alpha value is -5.15. The normalized spacial score (nSPS) is 12.3. The van der Waals surface area contributed by atoms with Gasteiger partial charge in [0.1, 0.15) is 5.75 Å². The second kappa shape index (κ2) is 12.9. The average molecular weight is 517 g/mol. The van der Waals surface area contributed by atoms with Gasteiger partial charge in [-0.15, -0.1) is 0 Å². The van der Waals surface area contributed by atoms with Crippen molar-refractivity contribution >= 4 is 18.0 Å². The summed E-state index contributed by atoms with van der Waals surface area (Å²) < 4.78 is 5.21. The number of benzene rings is 4. The Balaban J connectivity index is 1.58. The van der Waals surface area contributed by atoms with E-state index in [0.717, 1.165) is 22.4 Å². The quantitative estimate of drug-likeness (QED) is 0.270. The van der Waals surface area contributed by atoms with Crippen LogP contribution in [0, 0.1) is 17.2 Å². The summed E-state index contributed by atoms with van der Waals surface area (Å²) in [6.07, 6.45) is 3.66. The van der Waals surface area contributed by atoms with Crippen LogP contribution >= 0.6 is 0 Å². The van der Waals surface area contributed by atoms with Crippen LogP contribution < -0.4 is 10.1 Å². The number of rotatable bonds is 10. The predicted octanol–water partition coefficient (Wildman–Crippen LogP) is 5.99. The highest BCUT2D eigenvalue weighted by Gasteiger charge is 2.28. The van der Waals surface area contributed by atoms with E-state index < -0.39 is 17.9 Å². The molecule has 6 heteroatoms. The van der Waals surface area contributed by atoms with Crippen molar-refractivity contribution in [3.05, 3.63) is 131 Å². The number of hydrogen-bond donors (Lipinski definition) is 2. The van der Waals surface area contributed by atoms with Gasteiger partial charge >= 0.3 is 5.97 Å². The first-order valence-corrected chi connectivity index (χ1v) is 12.5. The summed E-state index contributed by atoms with van der Waals surface area (Å²) >= 11 is 0. The molecule has 39 heavy (non-hydrogen) atoms. The molecule has 0 bridgehead atoms. The number of methoxy groups -OCH3 is 1. The summed E-state index contributed by atoms with van der Waals surface area (Å²) in [7, 11) is 1.61. The average Bonchev–Trinajstić information content (AvgIpc) is 2.98. The molecule has 2 atom stereocenters. The summed E-state index contributed by atoms with van der Waals surface area (Å²) in [5.74, 6) is -1.62. The summed E-state index contributed by atoms with van der Waals surface area (Å²) in [5.41, 5.74) is 4.39. The molecule has 0 spiro atoms. The highest BCUT2D eigenvalue weighted by Crippen LogP contribution is 2.23. The highest BCUT2D eigenvalue weighted by molar-refractivity contribution is 5.95. The van der Waals surface area contributed by atoms with Crippen molar-refractivity contribution in [3.63, 3.8) is 0 Å². The van der Waals surface area contributed by atoms with Crippen molar-refractivity contribution in [2.24, 2.45) is 5.92 Å². The van der Waals surface area contributed by atoms with E-state index in [1.165, 1.54) is 0 Å². The molecule has 0 heterocycles. The van der Waals surface area contributed by atoms with Gasteiger partial charge in [-0.1, -0.05) is 78.9 Å². The predicted molar refractivity (Wildman–Crippen MR) is 151 cm³/mol. The van der Waals surface area contributed by atoms with Crippen molar-refractivity contribution in [3.8, 4) is 22.9 Å². The lowest BCUT2D eigenvalue weighted by molar-refractivity contribution is -0.142. The number of nitriles is 1. The van der Waals surface area contributed by atoms with Crippen LogP contribution in [-0.4, -0.2) is 30.1 Å². The maximum absolute atomic E-state index is 13.3. The zero-order valence-electron chi connectivity index (χ0n) is 21.5. The second-order valence-corrected chi connectivity index (χ2v) is 9.04. The third-order valence-corrected chi connectivity index (χ3v) is 6.43. The van der Waals surface area contributed by atoms with Gasteiger partial charge in [-0.25, -0.2) is 0 Å². The largest absolute Gasteiger partial charge is 0.497 e. The molecule has 4 rings (SSSR count). The molecule has 6 nitrogen and oxygen atoms in total. The Morgan fingerprint density at radius 1 is 0.923 bits per heavy atom. The number of hydrogen-bond acceptors (Lipinski definition) is 4. The maximum Gasteiger partial charge on any atom is 0.309 e. The molecule has 0 radical (unpaired) electrons. The Morgan fingerprint density at radius 3 is 2.21 bits per heavy atom. The van der Waals surface area contributed by atoms with Crippen LogP contribution in [0.3, 0.4) is 0 Å². The highest BCUT2D eigenvalue weighted by atomic mass is 16.5. The first kappa shape index (κ1) is 26.9. The fraction of sp³-hybridized carbons (Fsp3) is 0.121. The first-order valence-electron chi connectivity index (χ1n) is 12.5. The molecule has 0 aliphatic carbocycles. The Kier molecular flexibility index (Phi) is 8.89. The van der Waals surface area contributed by atoms with Gasteiger partial charge in [0.15, 0.2) is 0 Å².